The van der Waals surface area contributed by atoms with Crippen LogP contribution in [-0.4, -0.2) is 74.7 Å². The SMILES string of the molecule is CCN1CCCC1CNC(=NC)NCCN(C)C1CCCC1.I. The molecule has 1 atom stereocenters. The van der Waals surface area contributed by atoms with Gasteiger partial charge in [0.15, 0.2) is 5.96 Å². The van der Waals surface area contributed by atoms with E-state index in [2.05, 4.69) is 39.4 Å². The maximum atomic E-state index is 4.35. The fourth-order valence-electron chi connectivity index (χ4n) is 3.86. The van der Waals surface area contributed by atoms with Crippen LogP contribution in [0, 0.1) is 0 Å². The van der Waals surface area contributed by atoms with Crippen molar-refractivity contribution < 1.29 is 0 Å². The van der Waals surface area contributed by atoms with Crippen molar-refractivity contribution >= 4 is 29.9 Å². The molecule has 2 aliphatic rings. The number of likely N-dealkylation sites (tertiary alicyclic amines) is 1. The number of rotatable bonds is 7. The van der Waals surface area contributed by atoms with Gasteiger partial charge < -0.3 is 15.5 Å². The first kappa shape index (κ1) is 21.0. The molecule has 1 aliphatic carbocycles. The molecule has 1 heterocycles. The zero-order chi connectivity index (χ0) is 15.8. The summed E-state index contributed by atoms with van der Waals surface area (Å²) in [6, 6.07) is 1.47. The molecular formula is C17H36IN5. The van der Waals surface area contributed by atoms with Crippen LogP contribution in [0.5, 0.6) is 0 Å². The van der Waals surface area contributed by atoms with Gasteiger partial charge in [-0.15, -0.1) is 24.0 Å². The largest absolute Gasteiger partial charge is 0.355 e. The average molecular weight is 437 g/mol. The minimum atomic E-state index is 0. The lowest BCUT2D eigenvalue weighted by molar-refractivity contribution is 0.248. The van der Waals surface area contributed by atoms with E-state index < -0.39 is 0 Å². The van der Waals surface area contributed by atoms with Gasteiger partial charge >= 0.3 is 0 Å². The van der Waals surface area contributed by atoms with E-state index in [0.29, 0.717) is 6.04 Å². The third-order valence-corrected chi connectivity index (χ3v) is 5.34. The van der Waals surface area contributed by atoms with Crippen molar-refractivity contribution in [3.05, 3.63) is 0 Å². The van der Waals surface area contributed by atoms with Gasteiger partial charge in [0.05, 0.1) is 0 Å². The van der Waals surface area contributed by atoms with E-state index in [0.717, 1.165) is 38.2 Å². The highest BCUT2D eigenvalue weighted by atomic mass is 127. The summed E-state index contributed by atoms with van der Waals surface area (Å²) in [6.45, 7) is 7.73. The molecule has 1 unspecified atom stereocenters. The highest BCUT2D eigenvalue weighted by Crippen LogP contribution is 2.21. The van der Waals surface area contributed by atoms with Crippen LogP contribution in [0.15, 0.2) is 4.99 Å². The third-order valence-electron chi connectivity index (χ3n) is 5.34. The Labute approximate surface area is 159 Å². The second kappa shape index (κ2) is 11.5. The Balaban J connectivity index is 0.00000264. The molecule has 2 fully saturated rings. The predicted molar refractivity (Wildman–Crippen MR) is 110 cm³/mol. The van der Waals surface area contributed by atoms with E-state index in [9.17, 15) is 0 Å². The van der Waals surface area contributed by atoms with Crippen LogP contribution in [-0.2, 0) is 0 Å². The van der Waals surface area contributed by atoms with Crippen LogP contribution in [0.25, 0.3) is 0 Å². The second-order valence-electron chi connectivity index (χ2n) is 6.72. The van der Waals surface area contributed by atoms with Crippen LogP contribution in [0.3, 0.4) is 0 Å². The van der Waals surface area contributed by atoms with E-state index >= 15 is 0 Å². The van der Waals surface area contributed by atoms with Gasteiger partial charge in [-0.1, -0.05) is 19.8 Å². The fourth-order valence-corrected chi connectivity index (χ4v) is 3.86. The first-order valence-electron chi connectivity index (χ1n) is 9.13. The molecule has 2 N–H and O–H groups in total. The van der Waals surface area contributed by atoms with Gasteiger partial charge in [-0.25, -0.2) is 0 Å². The summed E-state index contributed by atoms with van der Waals surface area (Å²) >= 11 is 0. The van der Waals surface area contributed by atoms with E-state index in [1.54, 1.807) is 0 Å². The molecule has 0 aromatic heterocycles. The van der Waals surface area contributed by atoms with Gasteiger partial charge in [-0.2, -0.15) is 0 Å². The molecule has 136 valence electrons. The monoisotopic (exact) mass is 437 g/mol. The maximum absolute atomic E-state index is 4.35. The van der Waals surface area contributed by atoms with Gasteiger partial charge in [0.1, 0.15) is 0 Å². The fraction of sp³-hybridized carbons (Fsp3) is 0.941. The summed E-state index contributed by atoms with van der Waals surface area (Å²) in [4.78, 5) is 9.42. The van der Waals surface area contributed by atoms with Crippen LogP contribution < -0.4 is 10.6 Å². The topological polar surface area (TPSA) is 42.9 Å². The van der Waals surface area contributed by atoms with E-state index in [4.69, 9.17) is 0 Å². The Morgan fingerprint density at radius 1 is 1.17 bits per heavy atom. The lowest BCUT2D eigenvalue weighted by Gasteiger charge is -2.26. The molecule has 6 heteroatoms. The standard InChI is InChI=1S/C17H35N5.HI/c1-4-22-12-7-10-16(22)14-20-17(18-2)19-11-13-21(3)15-8-5-6-9-15;/h15-16H,4-14H2,1-3H3,(H2,18,19,20);1H. The molecule has 5 nitrogen and oxygen atoms in total. The Kier molecular flexibility index (Phi) is 10.5. The summed E-state index contributed by atoms with van der Waals surface area (Å²) in [5.74, 6) is 0.947. The van der Waals surface area contributed by atoms with Gasteiger partial charge in [-0.3, -0.25) is 9.89 Å². The Morgan fingerprint density at radius 2 is 1.91 bits per heavy atom. The predicted octanol–water partition coefficient (Wildman–Crippen LogP) is 2.13. The van der Waals surface area contributed by atoms with Gasteiger partial charge in [0.2, 0.25) is 0 Å². The summed E-state index contributed by atoms with van der Waals surface area (Å²) in [7, 11) is 4.12. The van der Waals surface area contributed by atoms with E-state index in [1.165, 1.54) is 45.1 Å². The van der Waals surface area contributed by atoms with Crippen molar-refractivity contribution in [2.45, 2.75) is 57.5 Å². The quantitative estimate of drug-likeness (QED) is 0.364. The minimum Gasteiger partial charge on any atom is -0.355 e. The highest BCUT2D eigenvalue weighted by molar-refractivity contribution is 14.0. The van der Waals surface area contributed by atoms with Crippen LogP contribution >= 0.6 is 24.0 Å². The summed E-state index contributed by atoms with van der Waals surface area (Å²) in [5.41, 5.74) is 0. The third kappa shape index (κ3) is 6.74. The first-order chi connectivity index (χ1) is 10.7. The lowest BCUT2D eigenvalue weighted by atomic mass is 10.2. The first-order valence-corrected chi connectivity index (χ1v) is 9.13. The van der Waals surface area contributed by atoms with Crippen LogP contribution in [0.4, 0.5) is 0 Å². The normalized spacial score (nSPS) is 23.3. The van der Waals surface area contributed by atoms with Crippen LogP contribution in [0.2, 0.25) is 0 Å². The van der Waals surface area contributed by atoms with Gasteiger partial charge in [0, 0.05) is 38.8 Å². The summed E-state index contributed by atoms with van der Waals surface area (Å²) in [5, 5.41) is 6.96. The van der Waals surface area contributed by atoms with Crippen molar-refractivity contribution in [1.82, 2.24) is 20.4 Å². The molecule has 23 heavy (non-hydrogen) atoms. The van der Waals surface area contributed by atoms with Crippen molar-refractivity contribution in [2.75, 3.05) is 46.8 Å². The molecule has 2 rings (SSSR count). The molecule has 1 aliphatic heterocycles. The van der Waals surface area contributed by atoms with Gasteiger partial charge in [-0.05, 0) is 45.8 Å². The second-order valence-corrected chi connectivity index (χ2v) is 6.72. The zero-order valence-electron chi connectivity index (χ0n) is 15.2. The zero-order valence-corrected chi connectivity index (χ0v) is 17.5. The molecule has 1 saturated carbocycles. The number of guanidine groups is 1. The molecule has 0 radical (unpaired) electrons. The van der Waals surface area contributed by atoms with Gasteiger partial charge in [0.25, 0.3) is 0 Å². The molecular weight excluding hydrogens is 401 g/mol. The van der Waals surface area contributed by atoms with Crippen molar-refractivity contribution in [1.29, 1.82) is 0 Å². The molecule has 1 saturated heterocycles. The summed E-state index contributed by atoms with van der Waals surface area (Å²) < 4.78 is 0. The van der Waals surface area contributed by atoms with Crippen molar-refractivity contribution in [3.8, 4) is 0 Å². The molecule has 0 spiro atoms. The number of hydrogen-bond acceptors (Lipinski definition) is 3. The van der Waals surface area contributed by atoms with Crippen LogP contribution in [0.1, 0.15) is 45.4 Å². The molecule has 0 aromatic rings. The lowest BCUT2D eigenvalue weighted by Crippen LogP contribution is -2.46. The summed E-state index contributed by atoms with van der Waals surface area (Å²) in [6.07, 6.45) is 8.19. The number of likely N-dealkylation sites (N-methyl/N-ethyl adjacent to an activating group) is 2. The van der Waals surface area contributed by atoms with E-state index in [1.807, 2.05) is 7.05 Å². The highest BCUT2D eigenvalue weighted by Gasteiger charge is 2.23. The van der Waals surface area contributed by atoms with E-state index in [-0.39, 0.29) is 24.0 Å². The maximum Gasteiger partial charge on any atom is 0.191 e. The van der Waals surface area contributed by atoms with Crippen molar-refractivity contribution in [3.63, 3.8) is 0 Å². The number of nitrogens with zero attached hydrogens (tertiary/aromatic N) is 3. The average Bonchev–Trinajstić information content (AvgIpc) is 3.21. The molecule has 0 amide bonds. The number of halogens is 1. The minimum absolute atomic E-state index is 0. The Hall–Kier alpha value is -0.0800. The van der Waals surface area contributed by atoms with Crippen molar-refractivity contribution in [2.24, 2.45) is 4.99 Å². The molecule has 0 bridgehead atoms. The Bertz CT molecular complexity index is 344. The smallest absolute Gasteiger partial charge is 0.191 e. The Morgan fingerprint density at radius 3 is 2.57 bits per heavy atom. The number of nitrogens with one attached hydrogen (secondary N) is 2. The number of aliphatic imine (C=N–C) groups is 1. The molecule has 0 aromatic carbocycles. The number of hydrogen-bond donors (Lipinski definition) is 2.